The fraction of sp³-hybridized carbons (Fsp3) is 0.0909. The van der Waals surface area contributed by atoms with Gasteiger partial charge in [0.05, 0.1) is 25.0 Å². The second kappa shape index (κ2) is 7.37. The normalized spacial score (nSPS) is 10.9. The van der Waals surface area contributed by atoms with Crippen molar-refractivity contribution in [1.29, 1.82) is 0 Å². The quantitative estimate of drug-likeness (QED) is 0.512. The van der Waals surface area contributed by atoms with Gasteiger partial charge in [-0.05, 0) is 42.5 Å². The molecule has 0 aliphatic carbocycles. The SMILES string of the molecule is COc1ccc2c(c1)cc(-c1ccccc1Cl)n2Cc1cccc(C(=O)O)n1. The molecule has 0 radical (unpaired) electrons. The Labute approximate surface area is 166 Å². The summed E-state index contributed by atoms with van der Waals surface area (Å²) in [5.41, 5.74) is 3.49. The fourth-order valence-corrected chi connectivity index (χ4v) is 3.52. The Morgan fingerprint density at radius 2 is 1.93 bits per heavy atom. The van der Waals surface area contributed by atoms with E-state index in [2.05, 4.69) is 15.6 Å². The molecule has 4 aromatic rings. The van der Waals surface area contributed by atoms with Crippen LogP contribution in [0.15, 0.2) is 66.7 Å². The number of fused-ring (bicyclic) bond motifs is 1. The van der Waals surface area contributed by atoms with Gasteiger partial charge in [-0.2, -0.15) is 0 Å². The van der Waals surface area contributed by atoms with Gasteiger partial charge >= 0.3 is 5.97 Å². The zero-order valence-electron chi connectivity index (χ0n) is 15.1. The van der Waals surface area contributed by atoms with Crippen LogP contribution in [0.5, 0.6) is 5.75 Å². The highest BCUT2D eigenvalue weighted by Gasteiger charge is 2.15. The number of ether oxygens (including phenoxy) is 1. The first-order chi connectivity index (χ1) is 13.6. The smallest absolute Gasteiger partial charge is 0.354 e. The Hall–Kier alpha value is -3.31. The van der Waals surface area contributed by atoms with E-state index < -0.39 is 5.97 Å². The number of carboxylic acids is 1. The summed E-state index contributed by atoms with van der Waals surface area (Å²) in [6.45, 7) is 0.414. The summed E-state index contributed by atoms with van der Waals surface area (Å²) in [6, 6.07) is 20.5. The first-order valence-corrected chi connectivity index (χ1v) is 9.06. The largest absolute Gasteiger partial charge is 0.497 e. The topological polar surface area (TPSA) is 64.3 Å². The molecule has 5 nitrogen and oxygen atoms in total. The van der Waals surface area contributed by atoms with Crippen LogP contribution in [-0.4, -0.2) is 27.7 Å². The van der Waals surface area contributed by atoms with Crippen LogP contribution >= 0.6 is 11.6 Å². The Morgan fingerprint density at radius 1 is 1.11 bits per heavy atom. The van der Waals surface area contributed by atoms with E-state index in [1.165, 1.54) is 6.07 Å². The van der Waals surface area contributed by atoms with Crippen molar-refractivity contribution < 1.29 is 14.6 Å². The molecule has 0 atom stereocenters. The number of pyridine rings is 1. The molecule has 0 aliphatic heterocycles. The Kier molecular flexibility index (Phi) is 4.75. The summed E-state index contributed by atoms with van der Waals surface area (Å²) in [4.78, 5) is 15.5. The minimum atomic E-state index is -1.05. The zero-order chi connectivity index (χ0) is 19.7. The molecule has 0 bridgehead atoms. The number of carboxylic acid groups (broad SMARTS) is 1. The van der Waals surface area contributed by atoms with Crippen LogP contribution in [0.3, 0.4) is 0 Å². The highest BCUT2D eigenvalue weighted by molar-refractivity contribution is 6.33. The lowest BCUT2D eigenvalue weighted by Crippen LogP contribution is -2.07. The Bertz CT molecular complexity index is 1180. The molecule has 6 heteroatoms. The molecule has 2 heterocycles. The van der Waals surface area contributed by atoms with Gasteiger partial charge in [0.25, 0.3) is 0 Å². The maximum atomic E-state index is 11.3. The van der Waals surface area contributed by atoms with E-state index in [1.54, 1.807) is 13.2 Å². The number of carbonyl (C=O) groups is 1. The average Bonchev–Trinajstić information content (AvgIpc) is 3.05. The molecule has 0 fully saturated rings. The summed E-state index contributed by atoms with van der Waals surface area (Å²) in [5, 5.41) is 10.9. The Morgan fingerprint density at radius 3 is 2.68 bits per heavy atom. The molecule has 0 saturated heterocycles. The molecule has 0 spiro atoms. The molecule has 2 aromatic heterocycles. The first kappa shape index (κ1) is 18.1. The molecular weight excluding hydrogens is 376 g/mol. The first-order valence-electron chi connectivity index (χ1n) is 8.68. The zero-order valence-corrected chi connectivity index (χ0v) is 15.8. The van der Waals surface area contributed by atoms with Crippen molar-refractivity contribution in [3.05, 3.63) is 83.1 Å². The lowest BCUT2D eigenvalue weighted by molar-refractivity contribution is 0.0690. The molecule has 0 saturated carbocycles. The van der Waals surface area contributed by atoms with Gasteiger partial charge in [0.2, 0.25) is 0 Å². The monoisotopic (exact) mass is 392 g/mol. The standard InChI is InChI=1S/C22H17ClN2O3/c1-28-16-9-10-20-14(11-16)12-21(17-6-2-3-7-18(17)23)25(20)13-15-5-4-8-19(24-15)22(26)27/h2-12H,13H2,1H3,(H,26,27). The molecule has 0 unspecified atom stereocenters. The van der Waals surface area contributed by atoms with Crippen molar-refractivity contribution in [3.63, 3.8) is 0 Å². The van der Waals surface area contributed by atoms with Crippen molar-refractivity contribution in [1.82, 2.24) is 9.55 Å². The molecule has 4 rings (SSSR count). The minimum absolute atomic E-state index is 0.0231. The van der Waals surface area contributed by atoms with Gasteiger partial charge in [0.1, 0.15) is 11.4 Å². The van der Waals surface area contributed by atoms with Gasteiger partial charge in [0, 0.05) is 21.5 Å². The van der Waals surface area contributed by atoms with Crippen molar-refractivity contribution in [2.24, 2.45) is 0 Å². The molecule has 1 N–H and O–H groups in total. The maximum Gasteiger partial charge on any atom is 0.354 e. The molecular formula is C22H17ClN2O3. The van der Waals surface area contributed by atoms with Crippen LogP contribution < -0.4 is 4.74 Å². The third-order valence-corrected chi connectivity index (χ3v) is 4.93. The summed E-state index contributed by atoms with van der Waals surface area (Å²) in [7, 11) is 1.63. The average molecular weight is 393 g/mol. The highest BCUT2D eigenvalue weighted by atomic mass is 35.5. The van der Waals surface area contributed by atoms with Gasteiger partial charge in [-0.15, -0.1) is 0 Å². The van der Waals surface area contributed by atoms with E-state index in [9.17, 15) is 9.90 Å². The van der Waals surface area contributed by atoms with Gasteiger partial charge in [-0.3, -0.25) is 0 Å². The van der Waals surface area contributed by atoms with Crippen LogP contribution in [0.4, 0.5) is 0 Å². The van der Waals surface area contributed by atoms with Gasteiger partial charge in [-0.25, -0.2) is 9.78 Å². The van der Waals surface area contributed by atoms with Crippen LogP contribution in [0.2, 0.25) is 5.02 Å². The van der Waals surface area contributed by atoms with Crippen LogP contribution in [0.1, 0.15) is 16.2 Å². The molecule has 2 aromatic carbocycles. The van der Waals surface area contributed by atoms with E-state index in [-0.39, 0.29) is 5.69 Å². The maximum absolute atomic E-state index is 11.3. The molecule has 0 aliphatic rings. The molecule has 140 valence electrons. The number of rotatable bonds is 5. The predicted octanol–water partition coefficient (Wildman–Crippen LogP) is 5.11. The number of methoxy groups -OCH3 is 1. The third-order valence-electron chi connectivity index (χ3n) is 4.60. The highest BCUT2D eigenvalue weighted by Crippen LogP contribution is 2.34. The van der Waals surface area contributed by atoms with Crippen molar-refractivity contribution in [2.45, 2.75) is 6.54 Å². The van der Waals surface area contributed by atoms with E-state index >= 15 is 0 Å². The summed E-state index contributed by atoms with van der Waals surface area (Å²) in [5.74, 6) is -0.281. The van der Waals surface area contributed by atoms with E-state index in [4.69, 9.17) is 16.3 Å². The Balaban J connectivity index is 1.90. The summed E-state index contributed by atoms with van der Waals surface area (Å²) in [6.07, 6.45) is 0. The summed E-state index contributed by atoms with van der Waals surface area (Å²) >= 11 is 6.46. The van der Waals surface area contributed by atoms with E-state index in [0.717, 1.165) is 27.9 Å². The van der Waals surface area contributed by atoms with Crippen LogP contribution in [-0.2, 0) is 6.54 Å². The predicted molar refractivity (Wildman–Crippen MR) is 109 cm³/mol. The molecule has 0 amide bonds. The lowest BCUT2D eigenvalue weighted by Gasteiger charge is -2.12. The molecule has 28 heavy (non-hydrogen) atoms. The lowest BCUT2D eigenvalue weighted by atomic mass is 10.1. The van der Waals surface area contributed by atoms with Crippen molar-refractivity contribution in [2.75, 3.05) is 7.11 Å². The number of benzene rings is 2. The van der Waals surface area contributed by atoms with Gasteiger partial charge in [-0.1, -0.05) is 35.9 Å². The summed E-state index contributed by atoms with van der Waals surface area (Å²) < 4.78 is 7.44. The number of hydrogen-bond donors (Lipinski definition) is 1. The van der Waals surface area contributed by atoms with Crippen molar-refractivity contribution >= 4 is 28.5 Å². The van der Waals surface area contributed by atoms with Crippen LogP contribution in [0, 0.1) is 0 Å². The van der Waals surface area contributed by atoms with E-state index in [0.29, 0.717) is 17.3 Å². The second-order valence-electron chi connectivity index (χ2n) is 6.34. The van der Waals surface area contributed by atoms with Gasteiger partial charge in [0.15, 0.2) is 0 Å². The number of halogens is 1. The minimum Gasteiger partial charge on any atom is -0.497 e. The van der Waals surface area contributed by atoms with Crippen molar-refractivity contribution in [3.8, 4) is 17.0 Å². The van der Waals surface area contributed by atoms with Crippen LogP contribution in [0.25, 0.3) is 22.2 Å². The second-order valence-corrected chi connectivity index (χ2v) is 6.75. The van der Waals surface area contributed by atoms with Gasteiger partial charge < -0.3 is 14.4 Å². The number of aromatic carboxylic acids is 1. The number of nitrogens with zero attached hydrogens (tertiary/aromatic N) is 2. The number of aromatic nitrogens is 2. The number of hydrogen-bond acceptors (Lipinski definition) is 3. The third kappa shape index (κ3) is 3.32. The fourth-order valence-electron chi connectivity index (χ4n) is 3.29. The van der Waals surface area contributed by atoms with E-state index in [1.807, 2.05) is 48.5 Å².